The summed E-state index contributed by atoms with van der Waals surface area (Å²) in [5, 5.41) is 0. The molecular weight excluding hydrogens is 228 g/mol. The number of carbonyl (C=O) groups is 1. The van der Waals surface area contributed by atoms with Gasteiger partial charge in [0.2, 0.25) is 5.88 Å². The molecule has 0 radical (unpaired) electrons. The maximum absolute atomic E-state index is 12.4. The predicted octanol–water partition coefficient (Wildman–Crippen LogP) is 2.21. The molecule has 0 saturated carbocycles. The van der Waals surface area contributed by atoms with Crippen LogP contribution in [0, 0.1) is 11.8 Å². The van der Waals surface area contributed by atoms with Gasteiger partial charge in [0.15, 0.2) is 0 Å². The fraction of sp³-hybridized carbons (Fsp3) is 0.571. The topological polar surface area (TPSA) is 42.4 Å². The molecule has 1 saturated heterocycles. The highest BCUT2D eigenvalue weighted by Gasteiger charge is 2.26. The summed E-state index contributed by atoms with van der Waals surface area (Å²) in [5.74, 6) is 1.61. The van der Waals surface area contributed by atoms with Crippen molar-refractivity contribution in [2.75, 3.05) is 20.2 Å². The molecule has 0 aliphatic carbocycles. The molecule has 0 bridgehead atoms. The summed E-state index contributed by atoms with van der Waals surface area (Å²) in [5.41, 5.74) is 0.468. The first kappa shape index (κ1) is 12.9. The van der Waals surface area contributed by atoms with Crippen LogP contribution in [0.3, 0.4) is 0 Å². The third kappa shape index (κ3) is 2.81. The molecule has 0 N–H and O–H groups in total. The van der Waals surface area contributed by atoms with Gasteiger partial charge in [-0.1, -0.05) is 19.9 Å². The van der Waals surface area contributed by atoms with Crippen molar-refractivity contribution in [3.05, 3.63) is 23.9 Å². The van der Waals surface area contributed by atoms with E-state index < -0.39 is 0 Å². The van der Waals surface area contributed by atoms with Crippen LogP contribution < -0.4 is 4.74 Å². The number of aromatic nitrogens is 1. The second-order valence-electron chi connectivity index (χ2n) is 5.22. The molecule has 98 valence electrons. The molecule has 18 heavy (non-hydrogen) atoms. The molecule has 1 fully saturated rings. The molecule has 2 heterocycles. The SMILES string of the molecule is COc1cccc(C(=O)N2CC(C)CC(C)C2)n1. The number of ether oxygens (including phenoxy) is 1. The van der Waals surface area contributed by atoms with Crippen molar-refractivity contribution in [3.8, 4) is 5.88 Å². The van der Waals surface area contributed by atoms with Gasteiger partial charge >= 0.3 is 0 Å². The molecule has 0 spiro atoms. The number of nitrogens with zero attached hydrogens (tertiary/aromatic N) is 2. The first-order valence-corrected chi connectivity index (χ1v) is 6.40. The van der Waals surface area contributed by atoms with Crippen molar-refractivity contribution in [1.29, 1.82) is 0 Å². The Morgan fingerprint density at radius 3 is 2.61 bits per heavy atom. The van der Waals surface area contributed by atoms with E-state index in [4.69, 9.17) is 4.74 Å². The van der Waals surface area contributed by atoms with Gasteiger partial charge in [-0.15, -0.1) is 0 Å². The monoisotopic (exact) mass is 248 g/mol. The molecule has 4 nitrogen and oxygen atoms in total. The van der Waals surface area contributed by atoms with Crippen LogP contribution in [0.4, 0.5) is 0 Å². The highest BCUT2D eigenvalue weighted by Crippen LogP contribution is 2.22. The van der Waals surface area contributed by atoms with Crippen LogP contribution in [0.1, 0.15) is 30.8 Å². The zero-order chi connectivity index (χ0) is 13.1. The summed E-state index contributed by atoms with van der Waals surface area (Å²) in [7, 11) is 1.56. The Bertz CT molecular complexity index is 424. The van der Waals surface area contributed by atoms with E-state index in [1.54, 1.807) is 25.3 Å². The molecule has 2 atom stereocenters. The number of hydrogen-bond donors (Lipinski definition) is 0. The lowest BCUT2D eigenvalue weighted by atomic mass is 9.92. The number of carbonyl (C=O) groups excluding carboxylic acids is 1. The Hall–Kier alpha value is -1.58. The van der Waals surface area contributed by atoms with Crippen LogP contribution in [0.5, 0.6) is 5.88 Å². The number of piperidine rings is 1. The van der Waals surface area contributed by atoms with Crippen LogP contribution in [-0.2, 0) is 0 Å². The van der Waals surface area contributed by atoms with Gasteiger partial charge in [-0.05, 0) is 24.3 Å². The lowest BCUT2D eigenvalue weighted by molar-refractivity contribution is 0.0616. The first-order chi connectivity index (χ1) is 8.60. The van der Waals surface area contributed by atoms with Gasteiger partial charge in [-0.25, -0.2) is 4.98 Å². The number of hydrogen-bond acceptors (Lipinski definition) is 3. The molecule has 1 aliphatic heterocycles. The highest BCUT2D eigenvalue weighted by molar-refractivity contribution is 5.92. The van der Waals surface area contributed by atoms with Gasteiger partial charge in [0.1, 0.15) is 5.69 Å². The van der Waals surface area contributed by atoms with E-state index in [1.807, 2.05) is 4.90 Å². The van der Waals surface area contributed by atoms with E-state index in [-0.39, 0.29) is 5.91 Å². The summed E-state index contributed by atoms with van der Waals surface area (Å²) in [4.78, 5) is 18.5. The Kier molecular flexibility index (Phi) is 3.84. The number of pyridine rings is 1. The Labute approximate surface area is 108 Å². The van der Waals surface area contributed by atoms with Crippen LogP contribution >= 0.6 is 0 Å². The van der Waals surface area contributed by atoms with E-state index in [0.717, 1.165) is 13.1 Å². The summed E-state index contributed by atoms with van der Waals surface area (Å²) in [6.45, 7) is 6.02. The normalized spacial score (nSPS) is 23.8. The minimum atomic E-state index is 0.00676. The van der Waals surface area contributed by atoms with Crippen molar-refractivity contribution in [2.45, 2.75) is 20.3 Å². The Morgan fingerprint density at radius 1 is 1.33 bits per heavy atom. The predicted molar refractivity (Wildman–Crippen MR) is 69.6 cm³/mol. The van der Waals surface area contributed by atoms with Gasteiger partial charge in [0.25, 0.3) is 5.91 Å². The van der Waals surface area contributed by atoms with Gasteiger partial charge in [0.05, 0.1) is 7.11 Å². The van der Waals surface area contributed by atoms with Crippen molar-refractivity contribution >= 4 is 5.91 Å². The van der Waals surface area contributed by atoms with Gasteiger partial charge in [-0.2, -0.15) is 0 Å². The third-order valence-electron chi connectivity index (χ3n) is 3.31. The van der Waals surface area contributed by atoms with Gasteiger partial charge in [0, 0.05) is 19.2 Å². The second-order valence-corrected chi connectivity index (χ2v) is 5.22. The zero-order valence-corrected chi connectivity index (χ0v) is 11.2. The van der Waals surface area contributed by atoms with Gasteiger partial charge < -0.3 is 9.64 Å². The molecule has 1 aromatic rings. The average molecular weight is 248 g/mol. The zero-order valence-electron chi connectivity index (χ0n) is 11.2. The molecule has 1 amide bonds. The molecule has 2 rings (SSSR count). The number of rotatable bonds is 2. The lowest BCUT2D eigenvalue weighted by Crippen LogP contribution is -2.42. The van der Waals surface area contributed by atoms with Crippen LogP contribution in [0.25, 0.3) is 0 Å². The minimum absolute atomic E-state index is 0.00676. The highest BCUT2D eigenvalue weighted by atomic mass is 16.5. The molecule has 0 aromatic carbocycles. The fourth-order valence-corrected chi connectivity index (χ4v) is 2.64. The standard InChI is InChI=1S/C14H20N2O2/c1-10-7-11(2)9-16(8-10)14(17)12-5-4-6-13(15-12)18-3/h4-6,10-11H,7-9H2,1-3H3. The van der Waals surface area contributed by atoms with E-state index in [9.17, 15) is 4.79 Å². The van der Waals surface area contributed by atoms with Crippen molar-refractivity contribution < 1.29 is 9.53 Å². The van der Waals surface area contributed by atoms with E-state index in [2.05, 4.69) is 18.8 Å². The largest absolute Gasteiger partial charge is 0.481 e. The molecule has 4 heteroatoms. The second kappa shape index (κ2) is 5.38. The molecule has 2 unspecified atom stereocenters. The van der Waals surface area contributed by atoms with Gasteiger partial charge in [-0.3, -0.25) is 4.79 Å². The number of likely N-dealkylation sites (tertiary alicyclic amines) is 1. The summed E-state index contributed by atoms with van der Waals surface area (Å²) >= 11 is 0. The minimum Gasteiger partial charge on any atom is -0.481 e. The van der Waals surface area contributed by atoms with E-state index >= 15 is 0 Å². The summed E-state index contributed by atoms with van der Waals surface area (Å²) in [6, 6.07) is 5.29. The van der Waals surface area contributed by atoms with Crippen LogP contribution in [0.2, 0.25) is 0 Å². The molecule has 1 aromatic heterocycles. The molecule has 1 aliphatic rings. The van der Waals surface area contributed by atoms with Crippen molar-refractivity contribution in [3.63, 3.8) is 0 Å². The van der Waals surface area contributed by atoms with Crippen molar-refractivity contribution in [1.82, 2.24) is 9.88 Å². The smallest absolute Gasteiger partial charge is 0.272 e. The average Bonchev–Trinajstić information content (AvgIpc) is 2.37. The van der Waals surface area contributed by atoms with Crippen LogP contribution in [-0.4, -0.2) is 36.0 Å². The van der Waals surface area contributed by atoms with Crippen molar-refractivity contribution in [2.24, 2.45) is 11.8 Å². The van der Waals surface area contributed by atoms with Crippen LogP contribution in [0.15, 0.2) is 18.2 Å². The third-order valence-corrected chi connectivity index (χ3v) is 3.31. The maximum Gasteiger partial charge on any atom is 0.272 e. The molecular formula is C14H20N2O2. The lowest BCUT2D eigenvalue weighted by Gasteiger charge is -2.34. The summed E-state index contributed by atoms with van der Waals surface area (Å²) < 4.78 is 5.05. The van der Waals surface area contributed by atoms with E-state index in [0.29, 0.717) is 23.4 Å². The van der Waals surface area contributed by atoms with E-state index in [1.165, 1.54) is 6.42 Å². The fourth-order valence-electron chi connectivity index (χ4n) is 2.64. The quantitative estimate of drug-likeness (QED) is 0.806. The first-order valence-electron chi connectivity index (χ1n) is 6.40. The number of amides is 1. The Balaban J connectivity index is 2.14. The summed E-state index contributed by atoms with van der Waals surface area (Å²) in [6.07, 6.45) is 1.19. The Morgan fingerprint density at radius 2 is 2.00 bits per heavy atom. The number of methoxy groups -OCH3 is 1. The maximum atomic E-state index is 12.4.